The van der Waals surface area contributed by atoms with Gasteiger partial charge in [-0.25, -0.2) is 4.79 Å². The predicted molar refractivity (Wildman–Crippen MR) is 283 cm³/mol. The normalized spacial score (nSPS) is 55.8. The van der Waals surface area contributed by atoms with Crippen molar-refractivity contribution in [1.29, 1.82) is 0 Å². The molecule has 0 radical (unpaired) electrons. The maximum Gasteiger partial charge on any atom is 0.335 e. The molecule has 0 aromatic carbocycles. The zero-order valence-electron chi connectivity index (χ0n) is 49.5. The van der Waals surface area contributed by atoms with Crippen molar-refractivity contribution in [1.82, 2.24) is 0 Å². The Bertz CT molecular complexity index is 2530. The summed E-state index contributed by atoms with van der Waals surface area (Å²) >= 11 is 0. The van der Waals surface area contributed by atoms with Crippen LogP contribution in [0.2, 0.25) is 0 Å². The molecule has 0 bridgehead atoms. The minimum absolute atomic E-state index is 0.0564. The molecule has 30 nitrogen and oxygen atoms in total. The average Bonchev–Trinajstić information content (AvgIpc) is 0.947. The summed E-state index contributed by atoms with van der Waals surface area (Å²) in [6.45, 7) is 10.2. The highest BCUT2D eigenvalue weighted by molar-refractivity contribution is 5.80. The first-order chi connectivity index (χ1) is 40.5. The summed E-state index contributed by atoms with van der Waals surface area (Å²) in [6, 6.07) is 0. The third-order valence-electron chi connectivity index (χ3n) is 22.5. The maximum atomic E-state index is 15.5. The average molecular weight is 1260 g/mol. The number of fused-ring (bicyclic) bond motifs is 7. The van der Waals surface area contributed by atoms with Crippen LogP contribution in [0.3, 0.4) is 0 Å². The Labute approximate surface area is 500 Å². The van der Waals surface area contributed by atoms with Gasteiger partial charge in [0, 0.05) is 11.3 Å². The largest absolute Gasteiger partial charge is 0.479 e. The van der Waals surface area contributed by atoms with Gasteiger partial charge in [0.25, 0.3) is 0 Å². The highest BCUT2D eigenvalue weighted by Gasteiger charge is 2.75. The first-order valence-corrected chi connectivity index (χ1v) is 29.9. The number of aliphatic hydroxyl groups is 17. The van der Waals surface area contributed by atoms with E-state index in [-0.39, 0.29) is 25.7 Å². The summed E-state index contributed by atoms with van der Waals surface area (Å²) in [7, 11) is 0. The van der Waals surface area contributed by atoms with E-state index in [1.807, 2.05) is 40.7 Å². The zero-order chi connectivity index (χ0) is 64.0. The molecule has 0 aromatic heterocycles. The topological polar surface area (TPSA) is 491 Å². The van der Waals surface area contributed by atoms with Gasteiger partial charge in [-0.2, -0.15) is 0 Å². The standard InChI is InChI=1S/C57H90O30/c1-20-36(81-45-35(71)37(25(62)16-78-45)82-49-41(72)56(77,18-59)19-79-49)31(67)34(70)46(80-20)84-39-30(66)32(68)44(75)86-48(39)87-50(76)57-11-10-51(2,3)12-22(57)21-8-9-26-52(4)13-24(61)42(85-47-33(69)28(64)29(65)38(83-47)43(73)74)53(5,17-58)40(52)23(60)14-55(26,7)54(21,6)15-27(57)63/h8,20,22-42,44-49,58-72,75,77H,9-19H2,1-7H3,(H,73,74)/t20-,22-,23+,24-,25+,26+,27+,28-,29-,30-,31-,32-,33+,34+,35+,36-,37-,38-,39+,40-,41-,42-,44+,45-,46-,47-,48-,49-,52+,53-,54+,55+,56+,57+/m0/s1. The van der Waals surface area contributed by atoms with Gasteiger partial charge < -0.3 is 139 Å². The van der Waals surface area contributed by atoms with Crippen molar-refractivity contribution in [2.75, 3.05) is 26.4 Å². The summed E-state index contributed by atoms with van der Waals surface area (Å²) in [5.41, 5.74) is -7.94. The number of carboxylic acids is 1. The number of hydrogen-bond donors (Lipinski definition) is 18. The van der Waals surface area contributed by atoms with E-state index in [0.29, 0.717) is 19.3 Å². The Morgan fingerprint density at radius 2 is 1.24 bits per heavy atom. The SMILES string of the molecule is C[C@@H]1O[C@@H](O[C@H]2[C@H](OC(=O)[C@]34CCC(C)(C)C[C@H]3C3=CC[C@@H]5[C@@]6(C)C[C@H](O)[C@H](O[C@@H]7O[C@H](C(=O)O)[C@@H](O)[C@H](O)[C@H]7O)[C@@](C)(CO)[C@H]6[C@H](O)C[C@@]5(C)[C@]3(C)C[C@H]4O)O[C@@H](O)[C@@H](O)[C@@H]2O)[C@H](O)[C@H](O)[C@H]1O[C@@H]1OC[C@@H](O)[C@H](O[C@@H]2OC[C@](O)(CO)[C@H]2O)[C@H]1O. The molecule has 5 aliphatic carbocycles. The van der Waals surface area contributed by atoms with Gasteiger partial charge in [0.1, 0.15) is 84.3 Å². The van der Waals surface area contributed by atoms with Gasteiger partial charge in [0.2, 0.25) is 6.29 Å². The number of allylic oxidation sites excluding steroid dienone is 2. The van der Waals surface area contributed by atoms with E-state index in [0.717, 1.165) is 5.57 Å². The third-order valence-corrected chi connectivity index (χ3v) is 22.5. The van der Waals surface area contributed by atoms with Gasteiger partial charge in [0.15, 0.2) is 43.7 Å². The number of carbonyl (C=O) groups is 2. The van der Waals surface area contributed by atoms with Crippen LogP contribution < -0.4 is 0 Å². The Balaban J connectivity index is 0.878. The Morgan fingerprint density at radius 1 is 0.609 bits per heavy atom. The third kappa shape index (κ3) is 10.8. The Kier molecular flexibility index (Phi) is 18.5. The predicted octanol–water partition coefficient (Wildman–Crippen LogP) is -5.97. The Hall–Kier alpha value is -2.36. The molecule has 9 fully saturated rings. The maximum absolute atomic E-state index is 15.5. The molecule has 4 saturated carbocycles. The molecule has 10 rings (SSSR count). The van der Waals surface area contributed by atoms with Crippen LogP contribution in [0.25, 0.3) is 0 Å². The molecule has 18 N–H and O–H groups in total. The van der Waals surface area contributed by atoms with Crippen LogP contribution in [0, 0.1) is 50.2 Å². The van der Waals surface area contributed by atoms with Gasteiger partial charge in [-0.05, 0) is 85.4 Å². The van der Waals surface area contributed by atoms with Crippen molar-refractivity contribution < 1.29 is 149 Å². The van der Waals surface area contributed by atoms with E-state index in [9.17, 15) is 96.7 Å². The summed E-state index contributed by atoms with van der Waals surface area (Å²) < 4.78 is 57.6. The number of hydrogen-bond acceptors (Lipinski definition) is 29. The molecule has 30 heteroatoms. The van der Waals surface area contributed by atoms with Crippen molar-refractivity contribution in [3.05, 3.63) is 11.6 Å². The molecule has 10 aliphatic rings. The van der Waals surface area contributed by atoms with Crippen molar-refractivity contribution >= 4 is 11.9 Å². The van der Waals surface area contributed by atoms with Gasteiger partial charge in [-0.15, -0.1) is 0 Å². The number of esters is 1. The number of carboxylic acid groups (broad SMARTS) is 1. The molecule has 0 unspecified atom stereocenters. The van der Waals surface area contributed by atoms with E-state index in [4.69, 9.17) is 47.4 Å². The highest BCUT2D eigenvalue weighted by atomic mass is 16.8. The lowest BCUT2D eigenvalue weighted by atomic mass is 9.32. The molecule has 5 aliphatic heterocycles. The lowest BCUT2D eigenvalue weighted by Gasteiger charge is -2.73. The number of ether oxygens (including phenoxy) is 10. The smallest absolute Gasteiger partial charge is 0.335 e. The van der Waals surface area contributed by atoms with Crippen LogP contribution in [0.15, 0.2) is 11.6 Å². The molecule has 5 saturated heterocycles. The van der Waals surface area contributed by atoms with Gasteiger partial charge in [-0.1, -0.05) is 53.2 Å². The first-order valence-electron chi connectivity index (χ1n) is 29.9. The monoisotopic (exact) mass is 1250 g/mol. The minimum atomic E-state index is -2.18. The molecule has 0 aromatic rings. The number of rotatable bonds is 13. The van der Waals surface area contributed by atoms with Crippen molar-refractivity contribution in [3.8, 4) is 0 Å². The molecular weight excluding hydrogens is 1160 g/mol. The minimum Gasteiger partial charge on any atom is -0.479 e. The molecule has 0 spiro atoms. The highest BCUT2D eigenvalue weighted by Crippen LogP contribution is 2.76. The molecule has 498 valence electrons. The van der Waals surface area contributed by atoms with Crippen molar-refractivity contribution in [2.45, 2.75) is 253 Å². The van der Waals surface area contributed by atoms with E-state index in [2.05, 4.69) is 0 Å². The van der Waals surface area contributed by atoms with E-state index in [1.54, 1.807) is 6.92 Å². The van der Waals surface area contributed by atoms with Crippen LogP contribution in [-0.2, 0) is 57.0 Å². The quantitative estimate of drug-likeness (QED) is 0.0464. The lowest BCUT2D eigenvalue weighted by molar-refractivity contribution is -0.388. The van der Waals surface area contributed by atoms with Crippen LogP contribution in [-0.4, -0.2) is 290 Å². The van der Waals surface area contributed by atoms with E-state index < -0.39 is 248 Å². The fourth-order valence-corrected chi connectivity index (χ4v) is 17.6. The van der Waals surface area contributed by atoms with Crippen LogP contribution in [0.4, 0.5) is 0 Å². The fourth-order valence-electron chi connectivity index (χ4n) is 17.6. The number of carbonyl (C=O) groups excluding carboxylic acids is 1. The molecular formula is C57H90O30. The fraction of sp³-hybridized carbons (Fsp3) is 0.930. The van der Waals surface area contributed by atoms with Crippen LogP contribution in [0.1, 0.15) is 93.4 Å². The summed E-state index contributed by atoms with van der Waals surface area (Å²) in [5, 5.41) is 200. The molecule has 34 atom stereocenters. The van der Waals surface area contributed by atoms with Gasteiger partial charge in [0.05, 0.1) is 56.9 Å². The zero-order valence-corrected chi connectivity index (χ0v) is 49.5. The van der Waals surface area contributed by atoms with E-state index in [1.165, 1.54) is 6.92 Å². The van der Waals surface area contributed by atoms with Gasteiger partial charge in [-0.3, -0.25) is 4.79 Å². The second-order valence-corrected chi connectivity index (χ2v) is 28.3. The van der Waals surface area contributed by atoms with Crippen molar-refractivity contribution in [3.63, 3.8) is 0 Å². The van der Waals surface area contributed by atoms with E-state index >= 15 is 4.79 Å². The van der Waals surface area contributed by atoms with Crippen molar-refractivity contribution in [2.24, 2.45) is 50.2 Å². The second-order valence-electron chi connectivity index (χ2n) is 28.3. The number of aliphatic hydroxyl groups excluding tert-OH is 16. The molecule has 5 heterocycles. The van der Waals surface area contributed by atoms with Crippen LogP contribution in [0.5, 0.6) is 0 Å². The second kappa shape index (κ2) is 23.9. The molecule has 0 amide bonds. The molecule has 87 heavy (non-hydrogen) atoms. The Morgan fingerprint density at radius 3 is 1.89 bits per heavy atom. The summed E-state index contributed by atoms with van der Waals surface area (Å²) in [6.07, 6.45) is -41.8. The summed E-state index contributed by atoms with van der Waals surface area (Å²) in [5.74, 6) is -4.69. The first kappa shape index (κ1) is 67.5. The summed E-state index contributed by atoms with van der Waals surface area (Å²) in [4.78, 5) is 27.5. The number of aliphatic carboxylic acids is 1. The van der Waals surface area contributed by atoms with Crippen LogP contribution >= 0.6 is 0 Å². The lowest BCUT2D eigenvalue weighted by Crippen LogP contribution is -2.73. The van der Waals surface area contributed by atoms with Gasteiger partial charge >= 0.3 is 11.9 Å².